The summed E-state index contributed by atoms with van der Waals surface area (Å²) in [7, 11) is 0. The molecule has 0 saturated heterocycles. The van der Waals surface area contributed by atoms with Crippen molar-refractivity contribution in [1.82, 2.24) is 0 Å². The van der Waals surface area contributed by atoms with E-state index in [4.69, 9.17) is 0 Å². The maximum absolute atomic E-state index is 12.7. The van der Waals surface area contributed by atoms with Gasteiger partial charge in [0.25, 0.3) is 0 Å². The molecule has 0 aromatic carbocycles. The summed E-state index contributed by atoms with van der Waals surface area (Å²) >= 11 is 5.16. The molecule has 0 radical (unpaired) electrons. The summed E-state index contributed by atoms with van der Waals surface area (Å²) in [4.78, 5) is 13.6. The van der Waals surface area contributed by atoms with Crippen molar-refractivity contribution in [3.63, 3.8) is 0 Å². The monoisotopic (exact) mass is 352 g/mol. The van der Waals surface area contributed by atoms with Gasteiger partial charge < -0.3 is 0 Å². The molecule has 108 valence electrons. The molecule has 0 N–H and O–H groups in total. The molecule has 3 heteroatoms. The molecule has 4 fully saturated rings. The molecule has 5 rings (SSSR count). The number of halogens is 1. The predicted molar refractivity (Wildman–Crippen MR) is 86.3 cm³/mol. The Balaban J connectivity index is 1.55. The van der Waals surface area contributed by atoms with E-state index in [0.717, 1.165) is 32.8 Å². The van der Waals surface area contributed by atoms with Gasteiger partial charge in [-0.25, -0.2) is 0 Å². The Labute approximate surface area is 133 Å². The highest BCUT2D eigenvalue weighted by Gasteiger charge is 2.51. The van der Waals surface area contributed by atoms with E-state index in [1.807, 2.05) is 0 Å². The van der Waals surface area contributed by atoms with Crippen LogP contribution in [0.2, 0.25) is 0 Å². The summed E-state index contributed by atoms with van der Waals surface area (Å²) in [5.41, 5.74) is 1.57. The van der Waals surface area contributed by atoms with Crippen molar-refractivity contribution < 1.29 is 4.79 Å². The van der Waals surface area contributed by atoms with Crippen molar-refractivity contribution in [1.29, 1.82) is 0 Å². The molecule has 0 atom stereocenters. The first-order chi connectivity index (χ1) is 9.53. The molecule has 0 aliphatic heterocycles. The van der Waals surface area contributed by atoms with E-state index in [1.165, 1.54) is 44.1 Å². The lowest BCUT2D eigenvalue weighted by Crippen LogP contribution is -2.46. The largest absolute Gasteiger partial charge is 0.293 e. The molecule has 4 aliphatic rings. The molecular weight excluding hydrogens is 332 g/mol. The number of thiophene rings is 1. The average Bonchev–Trinajstić information content (AvgIpc) is 2.67. The highest BCUT2D eigenvalue weighted by molar-refractivity contribution is 9.11. The van der Waals surface area contributed by atoms with Gasteiger partial charge in [-0.05, 0) is 96.2 Å². The number of ketones is 1. The van der Waals surface area contributed by atoms with Crippen LogP contribution >= 0.6 is 27.3 Å². The van der Waals surface area contributed by atoms with E-state index >= 15 is 0 Å². The number of carbonyl (C=O) groups is 1. The van der Waals surface area contributed by atoms with Gasteiger partial charge in [0.05, 0.1) is 8.66 Å². The van der Waals surface area contributed by atoms with Crippen molar-refractivity contribution in [3.8, 4) is 0 Å². The number of Topliss-reactive ketones (excluding diaryl/α,β-unsaturated/α-hetero) is 1. The highest BCUT2D eigenvalue weighted by Crippen LogP contribution is 2.61. The fourth-order valence-corrected chi connectivity index (χ4v) is 7.00. The normalized spacial score (nSPS) is 38.4. The Hall–Kier alpha value is -0.150. The lowest BCUT2D eigenvalue weighted by atomic mass is 9.48. The van der Waals surface area contributed by atoms with E-state index in [9.17, 15) is 4.79 Å². The second kappa shape index (κ2) is 4.67. The van der Waals surface area contributed by atoms with Crippen LogP contribution in [0.4, 0.5) is 0 Å². The molecule has 0 spiro atoms. The zero-order valence-corrected chi connectivity index (χ0v) is 14.4. The van der Waals surface area contributed by atoms with E-state index < -0.39 is 0 Å². The average molecular weight is 353 g/mol. The van der Waals surface area contributed by atoms with Crippen LogP contribution in [0.1, 0.15) is 60.2 Å². The van der Waals surface area contributed by atoms with Gasteiger partial charge in [0.1, 0.15) is 0 Å². The smallest absolute Gasteiger partial charge is 0.173 e. The minimum absolute atomic E-state index is 0.371. The van der Waals surface area contributed by atoms with E-state index in [2.05, 4.69) is 28.9 Å². The van der Waals surface area contributed by atoms with Crippen LogP contribution in [0.5, 0.6) is 0 Å². The Kier molecular flexibility index (Phi) is 3.16. The van der Waals surface area contributed by atoms with Gasteiger partial charge in [0.15, 0.2) is 5.78 Å². The van der Waals surface area contributed by atoms with Gasteiger partial charge in [-0.15, -0.1) is 11.3 Å². The van der Waals surface area contributed by atoms with Gasteiger partial charge in [0, 0.05) is 6.42 Å². The minimum Gasteiger partial charge on any atom is -0.293 e. The van der Waals surface area contributed by atoms with Crippen LogP contribution in [-0.4, -0.2) is 5.78 Å². The fraction of sp³-hybridized carbons (Fsp3) is 0.706. The fourth-order valence-electron chi connectivity index (χ4n) is 5.53. The van der Waals surface area contributed by atoms with Gasteiger partial charge in [-0.1, -0.05) is 0 Å². The maximum atomic E-state index is 12.7. The summed E-state index contributed by atoms with van der Waals surface area (Å²) in [6.45, 7) is 2.07. The zero-order chi connectivity index (χ0) is 13.9. The van der Waals surface area contributed by atoms with Gasteiger partial charge >= 0.3 is 0 Å². The standard InChI is InChI=1S/C17H21BrOS/c1-10-2-15(20-16(10)18)14(19)9-17-6-11-3-12(7-17)5-13(4-11)8-17/h2,11-13H,3-9H2,1H3. The van der Waals surface area contributed by atoms with Crippen molar-refractivity contribution in [2.45, 2.75) is 51.9 Å². The third kappa shape index (κ3) is 2.21. The SMILES string of the molecule is Cc1cc(C(=O)CC23CC4CC(CC(C4)C2)C3)sc1Br. The van der Waals surface area contributed by atoms with Crippen LogP contribution in [0, 0.1) is 30.1 Å². The van der Waals surface area contributed by atoms with Gasteiger partial charge in [0.2, 0.25) is 0 Å². The Morgan fingerprint density at radius 2 is 1.80 bits per heavy atom. The first kappa shape index (κ1) is 13.5. The molecule has 1 nitrogen and oxygen atoms in total. The first-order valence-electron chi connectivity index (χ1n) is 7.82. The Morgan fingerprint density at radius 1 is 1.25 bits per heavy atom. The molecular formula is C17H21BrOS. The predicted octanol–water partition coefficient (Wildman–Crippen LogP) is 5.61. The van der Waals surface area contributed by atoms with Crippen molar-refractivity contribution in [2.24, 2.45) is 23.2 Å². The van der Waals surface area contributed by atoms with Crippen molar-refractivity contribution in [2.75, 3.05) is 0 Å². The van der Waals surface area contributed by atoms with Gasteiger partial charge in [-0.3, -0.25) is 4.79 Å². The summed E-state index contributed by atoms with van der Waals surface area (Å²) in [6.07, 6.45) is 9.16. The maximum Gasteiger partial charge on any atom is 0.173 e. The minimum atomic E-state index is 0.371. The summed E-state index contributed by atoms with van der Waals surface area (Å²) in [5, 5.41) is 0. The van der Waals surface area contributed by atoms with E-state index in [1.54, 1.807) is 11.3 Å². The lowest BCUT2D eigenvalue weighted by molar-refractivity contribution is -0.0523. The van der Waals surface area contributed by atoms with Gasteiger partial charge in [-0.2, -0.15) is 0 Å². The molecule has 0 unspecified atom stereocenters. The summed E-state index contributed by atoms with van der Waals surface area (Å²) < 4.78 is 1.12. The molecule has 20 heavy (non-hydrogen) atoms. The van der Waals surface area contributed by atoms with E-state index in [-0.39, 0.29) is 0 Å². The Bertz CT molecular complexity index is 505. The molecule has 4 bridgehead atoms. The van der Waals surface area contributed by atoms with Crippen LogP contribution in [0.25, 0.3) is 0 Å². The summed E-state index contributed by atoms with van der Waals surface area (Å²) in [6, 6.07) is 2.07. The number of hydrogen-bond donors (Lipinski definition) is 0. The topological polar surface area (TPSA) is 17.1 Å². The third-order valence-corrected chi connectivity index (χ3v) is 8.01. The van der Waals surface area contributed by atoms with Crippen molar-refractivity contribution in [3.05, 3.63) is 20.3 Å². The molecule has 1 aromatic rings. The lowest BCUT2D eigenvalue weighted by Gasteiger charge is -2.56. The second-order valence-electron chi connectivity index (χ2n) is 7.58. The number of hydrogen-bond acceptors (Lipinski definition) is 2. The number of aryl methyl sites for hydroxylation is 1. The zero-order valence-electron chi connectivity index (χ0n) is 12.0. The highest BCUT2D eigenvalue weighted by atomic mass is 79.9. The van der Waals surface area contributed by atoms with Crippen LogP contribution in [0.15, 0.2) is 9.85 Å². The number of rotatable bonds is 3. The van der Waals surface area contributed by atoms with Crippen LogP contribution in [0.3, 0.4) is 0 Å². The molecule has 0 amide bonds. The van der Waals surface area contributed by atoms with Crippen LogP contribution < -0.4 is 0 Å². The Morgan fingerprint density at radius 3 is 2.25 bits per heavy atom. The summed E-state index contributed by atoms with van der Waals surface area (Å²) in [5.74, 6) is 3.20. The molecule has 1 heterocycles. The first-order valence-corrected chi connectivity index (χ1v) is 9.43. The molecule has 1 aromatic heterocycles. The quantitative estimate of drug-likeness (QED) is 0.646. The van der Waals surface area contributed by atoms with E-state index in [0.29, 0.717) is 11.2 Å². The second-order valence-corrected chi connectivity index (χ2v) is 9.95. The van der Waals surface area contributed by atoms with Crippen LogP contribution in [-0.2, 0) is 0 Å². The third-order valence-electron chi connectivity index (χ3n) is 5.83. The van der Waals surface area contributed by atoms with Crippen molar-refractivity contribution >= 4 is 33.0 Å². The number of carbonyl (C=O) groups excluding carboxylic acids is 1. The molecule has 4 aliphatic carbocycles. The molecule has 4 saturated carbocycles.